The van der Waals surface area contributed by atoms with Crippen LogP contribution in [0.25, 0.3) is 0 Å². The van der Waals surface area contributed by atoms with Crippen LogP contribution in [0.2, 0.25) is 0 Å². The fourth-order valence-electron chi connectivity index (χ4n) is 1.83. The lowest BCUT2D eigenvalue weighted by atomic mass is 10.1. The predicted octanol–water partition coefficient (Wildman–Crippen LogP) is 3.44. The lowest BCUT2D eigenvalue weighted by Crippen LogP contribution is -2.17. The molecule has 4 nitrogen and oxygen atoms in total. The molecule has 1 unspecified atom stereocenters. The van der Waals surface area contributed by atoms with Crippen molar-refractivity contribution in [1.29, 1.82) is 0 Å². The SMILES string of the molecule is Cc1cc(CNC(C)c2cccc(OC(F)F)c2)on1. The van der Waals surface area contributed by atoms with Gasteiger partial charge in [0.2, 0.25) is 0 Å². The molecule has 0 spiro atoms. The maximum absolute atomic E-state index is 12.2. The smallest absolute Gasteiger partial charge is 0.387 e. The second-order valence-corrected chi connectivity index (χ2v) is 4.49. The number of halogens is 2. The molecule has 1 aromatic heterocycles. The van der Waals surface area contributed by atoms with Gasteiger partial charge < -0.3 is 14.6 Å². The second kappa shape index (κ2) is 6.47. The van der Waals surface area contributed by atoms with Crippen LogP contribution in [0.3, 0.4) is 0 Å². The molecule has 2 aromatic rings. The van der Waals surface area contributed by atoms with Crippen LogP contribution in [-0.2, 0) is 6.54 Å². The number of nitrogens with zero attached hydrogens (tertiary/aromatic N) is 1. The third kappa shape index (κ3) is 4.03. The monoisotopic (exact) mass is 282 g/mol. The number of aromatic nitrogens is 1. The average Bonchev–Trinajstić information content (AvgIpc) is 2.81. The van der Waals surface area contributed by atoms with E-state index in [1.54, 1.807) is 12.1 Å². The number of aryl methyl sites for hydroxylation is 1. The van der Waals surface area contributed by atoms with Crippen LogP contribution in [0.15, 0.2) is 34.9 Å². The molecule has 0 aliphatic carbocycles. The summed E-state index contributed by atoms with van der Waals surface area (Å²) in [6, 6.07) is 8.45. The van der Waals surface area contributed by atoms with Crippen LogP contribution in [0.5, 0.6) is 5.75 Å². The highest BCUT2D eigenvalue weighted by molar-refractivity contribution is 5.30. The number of alkyl halides is 2. The van der Waals surface area contributed by atoms with E-state index in [9.17, 15) is 8.78 Å². The molecule has 6 heteroatoms. The van der Waals surface area contributed by atoms with Gasteiger partial charge in [0, 0.05) is 12.1 Å². The Hall–Kier alpha value is -1.95. The first-order valence-electron chi connectivity index (χ1n) is 6.25. The third-order valence-corrected chi connectivity index (χ3v) is 2.84. The van der Waals surface area contributed by atoms with Crippen LogP contribution in [0.1, 0.15) is 30.0 Å². The van der Waals surface area contributed by atoms with Crippen molar-refractivity contribution in [3.63, 3.8) is 0 Å². The predicted molar refractivity (Wildman–Crippen MR) is 69.6 cm³/mol. The molecule has 0 saturated carbocycles. The summed E-state index contributed by atoms with van der Waals surface area (Å²) in [6.45, 7) is 1.49. The van der Waals surface area contributed by atoms with Gasteiger partial charge in [0.05, 0.1) is 12.2 Å². The maximum atomic E-state index is 12.2. The molecular weight excluding hydrogens is 266 g/mol. The van der Waals surface area contributed by atoms with E-state index in [0.717, 1.165) is 17.0 Å². The summed E-state index contributed by atoms with van der Waals surface area (Å²) in [5.74, 6) is 0.885. The van der Waals surface area contributed by atoms with Gasteiger partial charge in [-0.25, -0.2) is 0 Å². The number of hydrogen-bond donors (Lipinski definition) is 1. The van der Waals surface area contributed by atoms with Crippen molar-refractivity contribution < 1.29 is 18.0 Å². The fraction of sp³-hybridized carbons (Fsp3) is 0.357. The zero-order chi connectivity index (χ0) is 14.5. The minimum absolute atomic E-state index is 0.0263. The van der Waals surface area contributed by atoms with E-state index in [2.05, 4.69) is 15.2 Å². The zero-order valence-electron chi connectivity index (χ0n) is 11.3. The molecule has 0 aliphatic heterocycles. The molecule has 20 heavy (non-hydrogen) atoms. The lowest BCUT2D eigenvalue weighted by Gasteiger charge is -2.14. The van der Waals surface area contributed by atoms with Gasteiger partial charge in [-0.15, -0.1) is 0 Å². The lowest BCUT2D eigenvalue weighted by molar-refractivity contribution is -0.0499. The first-order valence-corrected chi connectivity index (χ1v) is 6.25. The van der Waals surface area contributed by atoms with E-state index in [1.807, 2.05) is 26.0 Å². The van der Waals surface area contributed by atoms with E-state index < -0.39 is 6.61 Å². The highest BCUT2D eigenvalue weighted by Gasteiger charge is 2.10. The molecule has 1 atom stereocenters. The number of nitrogens with one attached hydrogen (secondary N) is 1. The van der Waals surface area contributed by atoms with Crippen molar-refractivity contribution in [2.45, 2.75) is 33.0 Å². The Kier molecular flexibility index (Phi) is 4.68. The van der Waals surface area contributed by atoms with Gasteiger partial charge >= 0.3 is 6.61 Å². The Morgan fingerprint density at radius 1 is 1.35 bits per heavy atom. The third-order valence-electron chi connectivity index (χ3n) is 2.84. The van der Waals surface area contributed by atoms with Gasteiger partial charge in [0.25, 0.3) is 0 Å². The molecule has 0 amide bonds. The quantitative estimate of drug-likeness (QED) is 0.881. The van der Waals surface area contributed by atoms with Gasteiger partial charge in [-0.1, -0.05) is 17.3 Å². The fourth-order valence-corrected chi connectivity index (χ4v) is 1.83. The van der Waals surface area contributed by atoms with Crippen molar-refractivity contribution in [2.75, 3.05) is 0 Å². The Morgan fingerprint density at radius 2 is 2.15 bits per heavy atom. The first-order chi connectivity index (χ1) is 9.54. The van der Waals surface area contributed by atoms with E-state index in [1.165, 1.54) is 6.07 Å². The minimum atomic E-state index is -2.81. The van der Waals surface area contributed by atoms with Crippen molar-refractivity contribution in [2.24, 2.45) is 0 Å². The van der Waals surface area contributed by atoms with E-state index in [4.69, 9.17) is 4.52 Å². The van der Waals surface area contributed by atoms with Gasteiger partial charge in [0.1, 0.15) is 5.75 Å². The molecular formula is C14H16F2N2O2. The average molecular weight is 282 g/mol. The van der Waals surface area contributed by atoms with E-state index in [-0.39, 0.29) is 11.8 Å². The Bertz CT molecular complexity index is 558. The maximum Gasteiger partial charge on any atom is 0.387 e. The normalized spacial score (nSPS) is 12.7. The molecule has 0 saturated heterocycles. The van der Waals surface area contributed by atoms with Crippen LogP contribution in [-0.4, -0.2) is 11.8 Å². The van der Waals surface area contributed by atoms with Crippen molar-refractivity contribution in [3.05, 3.63) is 47.3 Å². The molecule has 1 heterocycles. The Balaban J connectivity index is 1.96. The van der Waals surface area contributed by atoms with Crippen LogP contribution in [0, 0.1) is 6.92 Å². The first kappa shape index (κ1) is 14.5. The number of ether oxygens (including phenoxy) is 1. The summed E-state index contributed by atoms with van der Waals surface area (Å²) in [6.07, 6.45) is 0. The molecule has 0 radical (unpaired) electrons. The molecule has 0 fully saturated rings. The number of hydrogen-bond acceptors (Lipinski definition) is 4. The summed E-state index contributed by atoms with van der Waals surface area (Å²) in [4.78, 5) is 0. The topological polar surface area (TPSA) is 47.3 Å². The summed E-state index contributed by atoms with van der Waals surface area (Å²) in [7, 11) is 0. The molecule has 0 aliphatic rings. The van der Waals surface area contributed by atoms with E-state index >= 15 is 0 Å². The van der Waals surface area contributed by atoms with Crippen LogP contribution in [0.4, 0.5) is 8.78 Å². The highest BCUT2D eigenvalue weighted by Crippen LogP contribution is 2.21. The largest absolute Gasteiger partial charge is 0.435 e. The molecule has 1 N–H and O–H groups in total. The highest BCUT2D eigenvalue weighted by atomic mass is 19.3. The Labute approximate surface area is 115 Å². The second-order valence-electron chi connectivity index (χ2n) is 4.49. The van der Waals surface area contributed by atoms with E-state index in [0.29, 0.717) is 6.54 Å². The summed E-state index contributed by atoms with van der Waals surface area (Å²) in [5, 5.41) is 7.03. The van der Waals surface area contributed by atoms with Crippen molar-refractivity contribution >= 4 is 0 Å². The van der Waals surface area contributed by atoms with Crippen LogP contribution >= 0.6 is 0 Å². The van der Waals surface area contributed by atoms with Gasteiger partial charge in [-0.3, -0.25) is 0 Å². The van der Waals surface area contributed by atoms with Crippen molar-refractivity contribution in [1.82, 2.24) is 10.5 Å². The molecule has 0 bridgehead atoms. The van der Waals surface area contributed by atoms with Crippen LogP contribution < -0.4 is 10.1 Å². The summed E-state index contributed by atoms with van der Waals surface area (Å²) >= 11 is 0. The standard InChI is InChI=1S/C14H16F2N2O2/c1-9-6-13(20-18-9)8-17-10(2)11-4-3-5-12(7-11)19-14(15)16/h3-7,10,14,17H,8H2,1-2H3. The zero-order valence-corrected chi connectivity index (χ0v) is 11.3. The molecule has 2 rings (SSSR count). The number of benzene rings is 1. The number of rotatable bonds is 6. The van der Waals surface area contributed by atoms with Gasteiger partial charge in [-0.2, -0.15) is 8.78 Å². The Morgan fingerprint density at radius 3 is 2.80 bits per heavy atom. The van der Waals surface area contributed by atoms with Crippen molar-refractivity contribution in [3.8, 4) is 5.75 Å². The minimum Gasteiger partial charge on any atom is -0.435 e. The summed E-state index contributed by atoms with van der Waals surface area (Å²) < 4.78 is 33.8. The molecule has 108 valence electrons. The van der Waals surface area contributed by atoms with Gasteiger partial charge in [0.15, 0.2) is 5.76 Å². The summed E-state index contributed by atoms with van der Waals surface area (Å²) in [5.41, 5.74) is 1.68. The van der Waals surface area contributed by atoms with Gasteiger partial charge in [-0.05, 0) is 31.5 Å². The molecule has 1 aromatic carbocycles.